The number of alkyl halides is 4. The number of rotatable bonds is 6. The fourth-order valence-corrected chi connectivity index (χ4v) is 1.29. The highest BCUT2D eigenvalue weighted by molar-refractivity contribution is 5.32. The van der Waals surface area contributed by atoms with Gasteiger partial charge in [0.05, 0.1) is 13.7 Å². The molecule has 0 saturated carbocycles. The molecule has 0 bridgehead atoms. The van der Waals surface area contributed by atoms with E-state index < -0.39 is 18.9 Å². The molecular formula is C11H13F4NO. The number of nitrogens with one attached hydrogen (secondary N) is 1. The molecule has 2 nitrogen and oxygen atoms in total. The van der Waals surface area contributed by atoms with Crippen LogP contribution in [0.5, 0.6) is 5.75 Å². The Balaban J connectivity index is 2.51. The third-order valence-electron chi connectivity index (χ3n) is 2.19. The molecule has 0 fully saturated rings. The molecule has 17 heavy (non-hydrogen) atoms. The predicted molar refractivity (Wildman–Crippen MR) is 55.7 cm³/mol. The third kappa shape index (κ3) is 3.89. The summed E-state index contributed by atoms with van der Waals surface area (Å²) in [4.78, 5) is 0. The zero-order valence-electron chi connectivity index (χ0n) is 9.22. The smallest absolute Gasteiger partial charge is 0.319 e. The van der Waals surface area contributed by atoms with Crippen LogP contribution in [0.2, 0.25) is 0 Å². The Morgan fingerprint density at radius 3 is 2.53 bits per heavy atom. The van der Waals surface area contributed by atoms with Crippen molar-refractivity contribution in [3.63, 3.8) is 0 Å². The van der Waals surface area contributed by atoms with Gasteiger partial charge < -0.3 is 10.1 Å². The molecule has 0 aliphatic heterocycles. The molecule has 0 unspecified atom stereocenters. The van der Waals surface area contributed by atoms with Gasteiger partial charge in [-0.1, -0.05) is 18.2 Å². The van der Waals surface area contributed by atoms with Gasteiger partial charge in [-0.15, -0.1) is 0 Å². The second kappa shape index (κ2) is 5.86. The summed E-state index contributed by atoms with van der Waals surface area (Å²) in [6.45, 7) is -1.02. The minimum Gasteiger partial charge on any atom is -0.496 e. The first-order chi connectivity index (χ1) is 7.97. The van der Waals surface area contributed by atoms with Gasteiger partial charge in [0.15, 0.2) is 0 Å². The normalized spacial score (nSPS) is 11.9. The Labute approximate surface area is 96.6 Å². The van der Waals surface area contributed by atoms with Crippen molar-refractivity contribution in [1.29, 1.82) is 0 Å². The van der Waals surface area contributed by atoms with Gasteiger partial charge in [0.25, 0.3) is 0 Å². The lowest BCUT2D eigenvalue weighted by molar-refractivity contribution is -0.125. The largest absolute Gasteiger partial charge is 0.496 e. The van der Waals surface area contributed by atoms with Gasteiger partial charge in [0.2, 0.25) is 0 Å². The van der Waals surface area contributed by atoms with E-state index in [1.165, 1.54) is 7.11 Å². The van der Waals surface area contributed by atoms with E-state index in [1.54, 1.807) is 24.3 Å². The Bertz CT molecular complexity index is 357. The Morgan fingerprint density at radius 2 is 1.94 bits per heavy atom. The van der Waals surface area contributed by atoms with Crippen molar-refractivity contribution >= 4 is 0 Å². The van der Waals surface area contributed by atoms with Crippen LogP contribution in [-0.2, 0) is 6.54 Å². The first kappa shape index (κ1) is 13.8. The molecule has 0 atom stereocenters. The van der Waals surface area contributed by atoms with Crippen molar-refractivity contribution < 1.29 is 22.3 Å². The molecule has 1 rings (SSSR count). The van der Waals surface area contributed by atoms with Crippen LogP contribution in [0.15, 0.2) is 24.3 Å². The fourth-order valence-electron chi connectivity index (χ4n) is 1.29. The maximum Gasteiger partial charge on any atom is 0.319 e. The molecule has 0 aliphatic carbocycles. The van der Waals surface area contributed by atoms with Crippen LogP contribution in [0.25, 0.3) is 0 Å². The summed E-state index contributed by atoms with van der Waals surface area (Å²) in [6.07, 6.45) is -3.66. The van der Waals surface area contributed by atoms with Crippen LogP contribution >= 0.6 is 0 Å². The van der Waals surface area contributed by atoms with Gasteiger partial charge in [-0.05, 0) is 6.07 Å². The van der Waals surface area contributed by atoms with E-state index in [0.717, 1.165) is 0 Å². The molecule has 1 N–H and O–H groups in total. The minimum atomic E-state index is -4.01. The van der Waals surface area contributed by atoms with Gasteiger partial charge in [-0.25, -0.2) is 8.78 Å². The van der Waals surface area contributed by atoms with Crippen molar-refractivity contribution in [1.82, 2.24) is 5.32 Å². The third-order valence-corrected chi connectivity index (χ3v) is 2.19. The molecular weight excluding hydrogens is 238 g/mol. The van der Waals surface area contributed by atoms with E-state index in [9.17, 15) is 17.6 Å². The second-order valence-electron chi connectivity index (χ2n) is 3.48. The minimum absolute atomic E-state index is 0.0479. The SMILES string of the molecule is COc1ccccc1CNCC(F)(F)C(F)F. The number of para-hydroxylation sites is 1. The molecule has 96 valence electrons. The maximum absolute atomic E-state index is 12.6. The Morgan fingerprint density at radius 1 is 1.29 bits per heavy atom. The van der Waals surface area contributed by atoms with Crippen LogP contribution in [0.1, 0.15) is 5.56 Å². The quantitative estimate of drug-likeness (QED) is 0.785. The van der Waals surface area contributed by atoms with E-state index in [4.69, 9.17) is 4.74 Å². The maximum atomic E-state index is 12.6. The monoisotopic (exact) mass is 251 g/mol. The number of halogens is 4. The summed E-state index contributed by atoms with van der Waals surface area (Å²) < 4.78 is 53.9. The summed E-state index contributed by atoms with van der Waals surface area (Å²) in [6, 6.07) is 6.79. The zero-order chi connectivity index (χ0) is 12.9. The Kier molecular flexibility index (Phi) is 4.74. The van der Waals surface area contributed by atoms with Crippen LogP contribution in [0.4, 0.5) is 17.6 Å². The van der Waals surface area contributed by atoms with Crippen molar-refractivity contribution in [3.8, 4) is 5.75 Å². The summed E-state index contributed by atoms with van der Waals surface area (Å²) in [5, 5.41) is 2.29. The second-order valence-corrected chi connectivity index (χ2v) is 3.48. The molecule has 6 heteroatoms. The molecule has 0 radical (unpaired) electrons. The Hall–Kier alpha value is -1.30. The van der Waals surface area contributed by atoms with E-state index in [2.05, 4.69) is 5.32 Å². The molecule has 1 aromatic carbocycles. The van der Waals surface area contributed by atoms with Crippen molar-refractivity contribution in [2.75, 3.05) is 13.7 Å². The van der Waals surface area contributed by atoms with E-state index in [0.29, 0.717) is 11.3 Å². The average Bonchev–Trinajstić information content (AvgIpc) is 2.29. The predicted octanol–water partition coefficient (Wildman–Crippen LogP) is 2.69. The number of methoxy groups -OCH3 is 1. The van der Waals surface area contributed by atoms with Gasteiger partial charge in [-0.3, -0.25) is 0 Å². The van der Waals surface area contributed by atoms with Crippen LogP contribution in [0.3, 0.4) is 0 Å². The summed E-state index contributed by atoms with van der Waals surface area (Å²) in [5.41, 5.74) is 0.639. The first-order valence-corrected chi connectivity index (χ1v) is 4.96. The van der Waals surface area contributed by atoms with Gasteiger partial charge in [0, 0.05) is 12.1 Å². The highest BCUT2D eigenvalue weighted by atomic mass is 19.3. The fraction of sp³-hybridized carbons (Fsp3) is 0.455. The number of hydrogen-bond donors (Lipinski definition) is 1. The van der Waals surface area contributed by atoms with Crippen LogP contribution in [0, 0.1) is 0 Å². The number of benzene rings is 1. The van der Waals surface area contributed by atoms with Crippen LogP contribution < -0.4 is 10.1 Å². The molecule has 0 aliphatic rings. The molecule has 0 amide bonds. The number of hydrogen-bond acceptors (Lipinski definition) is 2. The molecule has 0 heterocycles. The van der Waals surface area contributed by atoms with E-state index >= 15 is 0 Å². The van der Waals surface area contributed by atoms with Crippen molar-refractivity contribution in [2.45, 2.75) is 18.9 Å². The highest BCUT2D eigenvalue weighted by Gasteiger charge is 2.39. The summed E-state index contributed by atoms with van der Waals surface area (Å²) >= 11 is 0. The van der Waals surface area contributed by atoms with E-state index in [1.807, 2.05) is 0 Å². The first-order valence-electron chi connectivity index (χ1n) is 4.96. The molecule has 1 aromatic rings. The highest BCUT2D eigenvalue weighted by Crippen LogP contribution is 2.22. The van der Waals surface area contributed by atoms with E-state index in [-0.39, 0.29) is 6.54 Å². The average molecular weight is 251 g/mol. The molecule has 0 saturated heterocycles. The lowest BCUT2D eigenvalue weighted by atomic mass is 10.2. The lowest BCUT2D eigenvalue weighted by Crippen LogP contribution is -2.38. The van der Waals surface area contributed by atoms with Crippen molar-refractivity contribution in [2.24, 2.45) is 0 Å². The topological polar surface area (TPSA) is 21.3 Å². The standard InChI is InChI=1S/C11H13F4NO/c1-17-9-5-3-2-4-8(9)6-16-7-11(14,15)10(12)13/h2-5,10,16H,6-7H2,1H3. The number of ether oxygens (including phenoxy) is 1. The summed E-state index contributed by atoms with van der Waals surface area (Å²) in [7, 11) is 1.45. The van der Waals surface area contributed by atoms with Gasteiger partial charge in [-0.2, -0.15) is 8.78 Å². The van der Waals surface area contributed by atoms with Crippen molar-refractivity contribution in [3.05, 3.63) is 29.8 Å². The lowest BCUT2D eigenvalue weighted by Gasteiger charge is -2.16. The molecule has 0 spiro atoms. The zero-order valence-corrected chi connectivity index (χ0v) is 9.22. The van der Waals surface area contributed by atoms with Crippen LogP contribution in [-0.4, -0.2) is 26.0 Å². The molecule has 0 aromatic heterocycles. The van der Waals surface area contributed by atoms with Gasteiger partial charge >= 0.3 is 12.3 Å². The summed E-state index contributed by atoms with van der Waals surface area (Å²) in [5.74, 6) is -3.48. The van der Waals surface area contributed by atoms with Gasteiger partial charge in [0.1, 0.15) is 5.75 Å².